The molecule has 0 spiro atoms. The third-order valence-electron chi connectivity index (χ3n) is 4.24. The Morgan fingerprint density at radius 3 is 2.67 bits per heavy atom. The van der Waals surface area contributed by atoms with Crippen LogP contribution in [-0.4, -0.2) is 22.9 Å². The van der Waals surface area contributed by atoms with Gasteiger partial charge in [0, 0.05) is 6.04 Å². The summed E-state index contributed by atoms with van der Waals surface area (Å²) in [5, 5.41) is 3.30. The first-order valence-corrected chi connectivity index (χ1v) is 7.65. The summed E-state index contributed by atoms with van der Waals surface area (Å²) in [4.78, 5) is 14.4. The van der Waals surface area contributed by atoms with Crippen LogP contribution < -0.4 is 5.32 Å². The van der Waals surface area contributed by atoms with Crippen LogP contribution in [0.25, 0.3) is 0 Å². The van der Waals surface area contributed by atoms with Gasteiger partial charge in [-0.2, -0.15) is 0 Å². The Bertz CT molecular complexity index is 545. The van der Waals surface area contributed by atoms with Crippen LogP contribution in [0.3, 0.4) is 0 Å². The van der Waals surface area contributed by atoms with E-state index >= 15 is 0 Å². The Morgan fingerprint density at radius 1 is 1.29 bits per heavy atom. The van der Waals surface area contributed by atoms with Gasteiger partial charge < -0.3 is 4.90 Å². The van der Waals surface area contributed by atoms with Crippen molar-refractivity contribution < 1.29 is 13.6 Å². The van der Waals surface area contributed by atoms with Gasteiger partial charge in [-0.05, 0) is 37.0 Å². The maximum Gasteiger partial charge on any atom is 0.241 e. The maximum atomic E-state index is 13.5. The normalized spacial score (nSPS) is 25.7. The lowest BCUT2D eigenvalue weighted by molar-refractivity contribution is -0.130. The Balaban J connectivity index is 1.84. The van der Waals surface area contributed by atoms with Crippen molar-refractivity contribution in [3.8, 4) is 0 Å². The fourth-order valence-electron chi connectivity index (χ4n) is 2.95. The summed E-state index contributed by atoms with van der Waals surface area (Å²) in [6.07, 6.45) is 4.46. The van der Waals surface area contributed by atoms with Crippen molar-refractivity contribution in [2.24, 2.45) is 0 Å². The van der Waals surface area contributed by atoms with Crippen LogP contribution in [0.15, 0.2) is 18.2 Å². The highest BCUT2D eigenvalue weighted by atomic mass is 19.2. The van der Waals surface area contributed by atoms with E-state index in [1.54, 1.807) is 6.07 Å². The number of rotatable bonds is 5. The first kappa shape index (κ1) is 14.4. The van der Waals surface area contributed by atoms with E-state index in [9.17, 15) is 13.6 Å². The molecule has 0 aromatic heterocycles. The summed E-state index contributed by atoms with van der Waals surface area (Å²) < 4.78 is 26.6. The van der Waals surface area contributed by atoms with E-state index in [1.807, 2.05) is 4.90 Å². The van der Waals surface area contributed by atoms with Crippen molar-refractivity contribution in [1.82, 2.24) is 10.2 Å². The van der Waals surface area contributed by atoms with Crippen molar-refractivity contribution in [2.45, 2.75) is 57.3 Å². The lowest BCUT2D eigenvalue weighted by Crippen LogP contribution is -2.33. The van der Waals surface area contributed by atoms with E-state index < -0.39 is 11.6 Å². The lowest BCUT2D eigenvalue weighted by atomic mass is 10.1. The van der Waals surface area contributed by atoms with Crippen molar-refractivity contribution >= 4 is 5.91 Å². The predicted octanol–water partition coefficient (Wildman–Crippen LogP) is 3.12. The molecule has 1 aromatic carbocycles. The van der Waals surface area contributed by atoms with Crippen molar-refractivity contribution in [3.63, 3.8) is 0 Å². The standard InChI is InChI=1S/C16H20F2N2O/c1-2-3-4-14-16(21)20(11-6-7-11)15(19-14)10-5-8-12(17)13(18)9-10/h5,8-9,11,14-15,19H,2-4,6-7H2,1H3. The van der Waals surface area contributed by atoms with Crippen LogP contribution in [0.4, 0.5) is 8.78 Å². The molecule has 1 aromatic rings. The number of nitrogens with one attached hydrogen (secondary N) is 1. The molecule has 2 fully saturated rings. The van der Waals surface area contributed by atoms with Gasteiger partial charge in [0.1, 0.15) is 6.17 Å². The summed E-state index contributed by atoms with van der Waals surface area (Å²) in [7, 11) is 0. The van der Waals surface area contributed by atoms with Gasteiger partial charge in [-0.15, -0.1) is 0 Å². The summed E-state index contributed by atoms with van der Waals surface area (Å²) in [5.41, 5.74) is 0.619. The molecular weight excluding hydrogens is 274 g/mol. The zero-order valence-electron chi connectivity index (χ0n) is 12.1. The van der Waals surface area contributed by atoms with E-state index in [0.29, 0.717) is 5.56 Å². The zero-order chi connectivity index (χ0) is 15.0. The number of carbonyl (C=O) groups is 1. The molecule has 2 unspecified atom stereocenters. The van der Waals surface area contributed by atoms with Gasteiger partial charge in [-0.3, -0.25) is 10.1 Å². The summed E-state index contributed by atoms with van der Waals surface area (Å²) in [6.45, 7) is 2.09. The van der Waals surface area contributed by atoms with E-state index in [4.69, 9.17) is 0 Å². The number of hydrogen-bond acceptors (Lipinski definition) is 2. The summed E-state index contributed by atoms with van der Waals surface area (Å²) in [6, 6.07) is 3.92. The molecule has 1 aliphatic carbocycles. The fourth-order valence-corrected chi connectivity index (χ4v) is 2.95. The summed E-state index contributed by atoms with van der Waals surface area (Å²) >= 11 is 0. The molecule has 1 saturated heterocycles. The minimum atomic E-state index is -0.866. The molecule has 2 aliphatic rings. The Hall–Kier alpha value is -1.49. The minimum absolute atomic E-state index is 0.0979. The minimum Gasteiger partial charge on any atom is -0.319 e. The lowest BCUT2D eigenvalue weighted by Gasteiger charge is -2.24. The van der Waals surface area contributed by atoms with Gasteiger partial charge in [0.05, 0.1) is 6.04 Å². The van der Waals surface area contributed by atoms with Crippen LogP contribution in [0.5, 0.6) is 0 Å². The topological polar surface area (TPSA) is 32.3 Å². The highest BCUT2D eigenvalue weighted by Gasteiger charge is 2.46. The van der Waals surface area contributed by atoms with E-state index in [0.717, 1.165) is 38.2 Å². The molecule has 0 radical (unpaired) electrons. The van der Waals surface area contributed by atoms with Gasteiger partial charge in [-0.1, -0.05) is 25.8 Å². The highest BCUT2D eigenvalue weighted by Crippen LogP contribution is 2.38. The van der Waals surface area contributed by atoms with E-state index in [1.165, 1.54) is 6.07 Å². The number of nitrogens with zero attached hydrogens (tertiary/aromatic N) is 1. The van der Waals surface area contributed by atoms with Crippen molar-refractivity contribution in [2.75, 3.05) is 0 Å². The van der Waals surface area contributed by atoms with Gasteiger partial charge >= 0.3 is 0 Å². The van der Waals surface area contributed by atoms with Gasteiger partial charge in [0.25, 0.3) is 0 Å². The molecule has 114 valence electrons. The van der Waals surface area contributed by atoms with Crippen LogP contribution >= 0.6 is 0 Å². The monoisotopic (exact) mass is 294 g/mol. The first-order chi connectivity index (χ1) is 10.1. The second kappa shape index (κ2) is 5.72. The van der Waals surface area contributed by atoms with Gasteiger partial charge in [0.15, 0.2) is 11.6 Å². The van der Waals surface area contributed by atoms with Crippen LogP contribution in [-0.2, 0) is 4.79 Å². The van der Waals surface area contributed by atoms with Gasteiger partial charge in [-0.25, -0.2) is 8.78 Å². The highest BCUT2D eigenvalue weighted by molar-refractivity contribution is 5.85. The molecule has 1 heterocycles. The molecule has 3 nitrogen and oxygen atoms in total. The number of carbonyl (C=O) groups excluding carboxylic acids is 1. The van der Waals surface area contributed by atoms with Crippen LogP contribution in [0.2, 0.25) is 0 Å². The quantitative estimate of drug-likeness (QED) is 0.905. The number of hydrogen-bond donors (Lipinski definition) is 1. The average molecular weight is 294 g/mol. The van der Waals surface area contributed by atoms with E-state index in [-0.39, 0.29) is 24.2 Å². The zero-order valence-corrected chi connectivity index (χ0v) is 12.1. The molecule has 1 N–H and O–H groups in total. The third-order valence-corrected chi connectivity index (χ3v) is 4.24. The first-order valence-electron chi connectivity index (χ1n) is 7.65. The largest absolute Gasteiger partial charge is 0.319 e. The number of benzene rings is 1. The number of amides is 1. The Labute approximate surface area is 123 Å². The number of unbranched alkanes of at least 4 members (excludes halogenated alkanes) is 1. The van der Waals surface area contributed by atoms with E-state index in [2.05, 4.69) is 12.2 Å². The Morgan fingerprint density at radius 2 is 2.05 bits per heavy atom. The fraction of sp³-hybridized carbons (Fsp3) is 0.562. The Kier molecular flexibility index (Phi) is 3.93. The SMILES string of the molecule is CCCCC1NC(c2ccc(F)c(F)c2)N(C2CC2)C1=O. The molecule has 1 aliphatic heterocycles. The predicted molar refractivity (Wildman–Crippen MR) is 75.4 cm³/mol. The molecule has 1 saturated carbocycles. The smallest absolute Gasteiger partial charge is 0.241 e. The second-order valence-corrected chi connectivity index (χ2v) is 5.91. The molecule has 5 heteroatoms. The number of halogens is 2. The molecule has 21 heavy (non-hydrogen) atoms. The third kappa shape index (κ3) is 2.79. The summed E-state index contributed by atoms with van der Waals surface area (Å²) in [5.74, 6) is -1.63. The van der Waals surface area contributed by atoms with Gasteiger partial charge in [0.2, 0.25) is 5.91 Å². The second-order valence-electron chi connectivity index (χ2n) is 5.91. The molecule has 2 atom stereocenters. The molecule has 1 amide bonds. The van der Waals surface area contributed by atoms with Crippen LogP contribution in [0, 0.1) is 11.6 Å². The van der Waals surface area contributed by atoms with Crippen LogP contribution in [0.1, 0.15) is 50.8 Å². The maximum absolute atomic E-state index is 13.5. The molecular formula is C16H20F2N2O. The molecule has 3 rings (SSSR count). The average Bonchev–Trinajstić information content (AvgIpc) is 3.24. The van der Waals surface area contributed by atoms with Crippen molar-refractivity contribution in [1.29, 1.82) is 0 Å². The van der Waals surface area contributed by atoms with Crippen molar-refractivity contribution in [3.05, 3.63) is 35.4 Å². The molecule has 0 bridgehead atoms.